The number of pyridine rings is 1. The Balaban J connectivity index is 1.50. The van der Waals surface area contributed by atoms with Crippen molar-refractivity contribution in [3.05, 3.63) is 96.1 Å². The number of nitrogens with zero attached hydrogens (tertiary/aromatic N) is 4. The van der Waals surface area contributed by atoms with Crippen molar-refractivity contribution in [3.63, 3.8) is 0 Å². The van der Waals surface area contributed by atoms with Crippen molar-refractivity contribution in [2.75, 3.05) is 24.7 Å². The number of rotatable bonds is 8. The number of amides is 1. The second-order valence-electron chi connectivity index (χ2n) is 8.80. The Bertz CT molecular complexity index is 1540. The molecule has 0 aliphatic heterocycles. The number of sulfonamides is 1. The molecule has 1 atom stereocenters. The van der Waals surface area contributed by atoms with Crippen LogP contribution in [0, 0.1) is 6.92 Å². The average molecular weight is 517 g/mol. The third kappa shape index (κ3) is 6.16. The van der Waals surface area contributed by atoms with E-state index >= 15 is 0 Å². The zero-order valence-corrected chi connectivity index (χ0v) is 21.8. The lowest BCUT2D eigenvalue weighted by Crippen LogP contribution is -2.22. The summed E-state index contributed by atoms with van der Waals surface area (Å²) in [6.07, 6.45) is 6.43. The van der Waals surface area contributed by atoms with Crippen LogP contribution in [0.15, 0.2) is 84.3 Å². The van der Waals surface area contributed by atoms with Gasteiger partial charge in [0.2, 0.25) is 10.0 Å². The number of benzene rings is 2. The largest absolute Gasteiger partial charge is 0.362 e. The zero-order valence-electron chi connectivity index (χ0n) is 21.0. The molecule has 2 N–H and O–H groups in total. The third-order valence-electron chi connectivity index (χ3n) is 5.69. The maximum absolute atomic E-state index is 12.6. The fourth-order valence-electron chi connectivity index (χ4n) is 3.67. The monoisotopic (exact) mass is 516 g/mol. The van der Waals surface area contributed by atoms with Gasteiger partial charge in [0.15, 0.2) is 0 Å². The van der Waals surface area contributed by atoms with Gasteiger partial charge >= 0.3 is 0 Å². The molecule has 190 valence electrons. The minimum atomic E-state index is -3.57. The Hall–Kier alpha value is -4.15. The van der Waals surface area contributed by atoms with Crippen molar-refractivity contribution in [3.8, 4) is 11.3 Å². The van der Waals surface area contributed by atoms with E-state index in [0.717, 1.165) is 11.1 Å². The molecule has 0 saturated carbocycles. The van der Waals surface area contributed by atoms with E-state index in [1.807, 2.05) is 38.1 Å². The number of aromatic nitrogens is 3. The summed E-state index contributed by atoms with van der Waals surface area (Å²) in [5, 5.41) is 6.24. The van der Waals surface area contributed by atoms with Crippen LogP contribution in [0.4, 0.5) is 11.5 Å². The SMILES string of the molecule is Cc1cncc(C(=O)Nc2cccc([C@H](C)Nc3cncc(-c4cccc(S(=O)(=O)N(C)C)c4)n3)c2)c1. The lowest BCUT2D eigenvalue weighted by atomic mass is 10.1. The summed E-state index contributed by atoms with van der Waals surface area (Å²) in [4.78, 5) is 25.8. The molecule has 0 fully saturated rings. The highest BCUT2D eigenvalue weighted by atomic mass is 32.2. The van der Waals surface area contributed by atoms with Gasteiger partial charge in [-0.15, -0.1) is 0 Å². The van der Waals surface area contributed by atoms with Crippen LogP contribution in [0.2, 0.25) is 0 Å². The van der Waals surface area contributed by atoms with E-state index in [-0.39, 0.29) is 16.8 Å². The minimum absolute atomic E-state index is 0.150. The van der Waals surface area contributed by atoms with Gasteiger partial charge < -0.3 is 10.6 Å². The Morgan fingerprint density at radius 1 is 0.946 bits per heavy atom. The van der Waals surface area contributed by atoms with Gasteiger partial charge in [0.05, 0.1) is 34.6 Å². The molecule has 10 heteroatoms. The molecular formula is C27H28N6O3S. The molecule has 1 amide bonds. The number of hydrogen-bond donors (Lipinski definition) is 2. The van der Waals surface area contributed by atoms with Gasteiger partial charge in [-0.05, 0) is 55.3 Å². The first-order valence-corrected chi connectivity index (χ1v) is 13.0. The van der Waals surface area contributed by atoms with Crippen molar-refractivity contribution in [1.29, 1.82) is 0 Å². The number of carbonyl (C=O) groups is 1. The predicted octanol–water partition coefficient (Wildman–Crippen LogP) is 4.52. The number of carbonyl (C=O) groups excluding carboxylic acids is 1. The molecule has 4 aromatic rings. The lowest BCUT2D eigenvalue weighted by molar-refractivity contribution is 0.102. The van der Waals surface area contributed by atoms with Crippen molar-refractivity contribution in [1.82, 2.24) is 19.3 Å². The van der Waals surface area contributed by atoms with Crippen LogP contribution in [0.5, 0.6) is 0 Å². The quantitative estimate of drug-likeness (QED) is 0.353. The molecule has 2 heterocycles. The van der Waals surface area contributed by atoms with Crippen LogP contribution in [-0.2, 0) is 10.0 Å². The molecule has 0 aliphatic rings. The molecule has 9 nitrogen and oxygen atoms in total. The maximum atomic E-state index is 12.6. The van der Waals surface area contributed by atoms with E-state index in [2.05, 4.69) is 25.6 Å². The van der Waals surface area contributed by atoms with Crippen LogP contribution in [0.1, 0.15) is 34.5 Å². The van der Waals surface area contributed by atoms with Crippen molar-refractivity contribution >= 4 is 27.4 Å². The first-order valence-electron chi connectivity index (χ1n) is 11.6. The predicted molar refractivity (Wildman–Crippen MR) is 144 cm³/mol. The fraction of sp³-hybridized carbons (Fsp3) is 0.185. The summed E-state index contributed by atoms with van der Waals surface area (Å²) in [6.45, 7) is 3.86. The molecule has 0 spiro atoms. The summed E-state index contributed by atoms with van der Waals surface area (Å²) in [6, 6.07) is 15.8. The van der Waals surface area contributed by atoms with Crippen molar-refractivity contribution in [2.45, 2.75) is 24.8 Å². The van der Waals surface area contributed by atoms with Gasteiger partial charge in [0.25, 0.3) is 5.91 Å². The van der Waals surface area contributed by atoms with Crippen LogP contribution in [0.3, 0.4) is 0 Å². The summed E-state index contributed by atoms with van der Waals surface area (Å²) in [5.74, 6) is 0.303. The summed E-state index contributed by atoms with van der Waals surface area (Å²) >= 11 is 0. The second-order valence-corrected chi connectivity index (χ2v) is 11.0. The zero-order chi connectivity index (χ0) is 26.6. The molecule has 0 saturated heterocycles. The lowest BCUT2D eigenvalue weighted by Gasteiger charge is -2.17. The van der Waals surface area contributed by atoms with Gasteiger partial charge in [-0.2, -0.15) is 0 Å². The number of anilines is 2. The van der Waals surface area contributed by atoms with Crippen LogP contribution >= 0.6 is 0 Å². The summed E-state index contributed by atoms with van der Waals surface area (Å²) < 4.78 is 26.2. The second kappa shape index (κ2) is 10.9. The Morgan fingerprint density at radius 2 is 1.70 bits per heavy atom. The minimum Gasteiger partial charge on any atom is -0.362 e. The molecule has 2 aromatic carbocycles. The van der Waals surface area contributed by atoms with E-state index < -0.39 is 10.0 Å². The van der Waals surface area contributed by atoms with E-state index in [1.54, 1.807) is 48.9 Å². The molecule has 0 bridgehead atoms. The molecule has 4 rings (SSSR count). The standard InChI is InChI=1S/C27H28N6O3S/c1-18-11-22(15-28-14-18)27(34)31-23-9-5-7-20(12-23)19(2)30-26-17-29-16-25(32-26)21-8-6-10-24(13-21)37(35,36)33(3)4/h5-17,19H,1-4H3,(H,30,32)(H,31,34)/t19-/m0/s1. The number of nitrogens with one attached hydrogen (secondary N) is 2. The highest BCUT2D eigenvalue weighted by Gasteiger charge is 2.18. The molecule has 0 unspecified atom stereocenters. The Morgan fingerprint density at radius 3 is 2.46 bits per heavy atom. The maximum Gasteiger partial charge on any atom is 0.257 e. The van der Waals surface area contributed by atoms with Gasteiger partial charge in [0, 0.05) is 37.7 Å². The highest BCUT2D eigenvalue weighted by Crippen LogP contribution is 2.25. The van der Waals surface area contributed by atoms with Gasteiger partial charge in [-0.1, -0.05) is 24.3 Å². The normalized spacial score (nSPS) is 12.2. The first kappa shape index (κ1) is 25.9. The van der Waals surface area contributed by atoms with E-state index in [4.69, 9.17) is 0 Å². The van der Waals surface area contributed by atoms with Gasteiger partial charge in [-0.25, -0.2) is 17.7 Å². The number of hydrogen-bond acceptors (Lipinski definition) is 7. The molecule has 0 aliphatic carbocycles. The molecule has 0 radical (unpaired) electrons. The summed E-state index contributed by atoms with van der Waals surface area (Å²) in [7, 11) is -0.581. The van der Waals surface area contributed by atoms with E-state index in [9.17, 15) is 13.2 Å². The average Bonchev–Trinajstić information content (AvgIpc) is 2.89. The molecule has 2 aromatic heterocycles. The summed E-state index contributed by atoms with van der Waals surface area (Å²) in [5.41, 5.74) is 4.19. The van der Waals surface area contributed by atoms with Crippen molar-refractivity contribution in [2.24, 2.45) is 0 Å². The van der Waals surface area contributed by atoms with E-state index in [0.29, 0.717) is 28.3 Å². The highest BCUT2D eigenvalue weighted by molar-refractivity contribution is 7.89. The van der Waals surface area contributed by atoms with Gasteiger partial charge in [-0.3, -0.25) is 14.8 Å². The Kier molecular flexibility index (Phi) is 7.61. The van der Waals surface area contributed by atoms with E-state index in [1.165, 1.54) is 24.6 Å². The van der Waals surface area contributed by atoms with Crippen molar-refractivity contribution < 1.29 is 13.2 Å². The number of aryl methyl sites for hydroxylation is 1. The smallest absolute Gasteiger partial charge is 0.257 e. The fourth-order valence-corrected chi connectivity index (χ4v) is 4.62. The molecule has 37 heavy (non-hydrogen) atoms. The first-order chi connectivity index (χ1) is 17.6. The third-order valence-corrected chi connectivity index (χ3v) is 7.50. The topological polar surface area (TPSA) is 117 Å². The van der Waals surface area contributed by atoms with Crippen LogP contribution in [-0.4, -0.2) is 47.7 Å². The Labute approximate surface area is 216 Å². The van der Waals surface area contributed by atoms with Gasteiger partial charge in [0.1, 0.15) is 5.82 Å². The molecular weight excluding hydrogens is 488 g/mol. The van der Waals surface area contributed by atoms with Crippen LogP contribution in [0.25, 0.3) is 11.3 Å². The van der Waals surface area contributed by atoms with Crippen LogP contribution < -0.4 is 10.6 Å².